The van der Waals surface area contributed by atoms with Crippen LogP contribution in [-0.2, 0) is 4.74 Å². The van der Waals surface area contributed by atoms with Crippen molar-refractivity contribution >= 4 is 11.0 Å². The minimum atomic E-state index is -1.76. The Morgan fingerprint density at radius 1 is 1.08 bits per heavy atom. The lowest BCUT2D eigenvalue weighted by molar-refractivity contribution is -0.278. The maximum atomic E-state index is 12.0. The fourth-order valence-corrected chi connectivity index (χ4v) is 2.54. The van der Waals surface area contributed by atoms with Crippen LogP contribution in [0.1, 0.15) is 0 Å². The first-order valence-electron chi connectivity index (χ1n) is 7.29. The lowest BCUT2D eigenvalue weighted by atomic mass is 9.99. The smallest absolute Gasteiger partial charge is 0.383 e. The van der Waals surface area contributed by atoms with Gasteiger partial charge in [0.2, 0.25) is 6.29 Å². The molecule has 1 aliphatic rings. The highest BCUT2D eigenvalue weighted by Crippen LogP contribution is 2.34. The standard InChI is InChI=1S/C15H16O10/c16-4-8-10(19)11(20)12(21)15(24-8)25-13-9(18)6-2-1-5(17)3-7(6)23-14(13)22/h1-3,8,10-12,15-21H,4H2/t8-,10+,11+,12-,15+/m1/s1. The SMILES string of the molecule is O=c1oc2cc(O)ccc2c(O)c1O[C@@H]1O[C@H](CO)[C@H](O)[C@H](O)[C@H]1O. The van der Waals surface area contributed by atoms with E-state index in [0.29, 0.717) is 0 Å². The van der Waals surface area contributed by atoms with E-state index in [1.54, 1.807) is 0 Å². The lowest BCUT2D eigenvalue weighted by Crippen LogP contribution is -2.60. The molecule has 0 amide bonds. The van der Waals surface area contributed by atoms with Crippen LogP contribution in [-0.4, -0.2) is 68.0 Å². The number of hydrogen-bond donors (Lipinski definition) is 6. The highest BCUT2D eigenvalue weighted by molar-refractivity contribution is 5.86. The molecular weight excluding hydrogens is 340 g/mol. The molecule has 6 N–H and O–H groups in total. The number of ether oxygens (including phenoxy) is 2. The predicted octanol–water partition coefficient (Wildman–Crippen LogP) is -1.62. The summed E-state index contributed by atoms with van der Waals surface area (Å²) in [7, 11) is 0. The second-order valence-electron chi connectivity index (χ2n) is 5.56. The van der Waals surface area contributed by atoms with Crippen molar-refractivity contribution in [3.8, 4) is 17.2 Å². The van der Waals surface area contributed by atoms with Crippen LogP contribution in [0.5, 0.6) is 17.2 Å². The summed E-state index contributed by atoms with van der Waals surface area (Å²) in [6, 6.07) is 3.65. The van der Waals surface area contributed by atoms with Gasteiger partial charge >= 0.3 is 5.63 Å². The van der Waals surface area contributed by atoms with Crippen LogP contribution < -0.4 is 10.4 Å². The number of phenols is 1. The molecule has 10 nitrogen and oxygen atoms in total. The summed E-state index contributed by atoms with van der Waals surface area (Å²) < 4.78 is 15.2. The molecule has 0 aliphatic carbocycles. The van der Waals surface area contributed by atoms with Gasteiger partial charge in [-0.2, -0.15) is 0 Å². The van der Waals surface area contributed by atoms with Crippen molar-refractivity contribution in [1.29, 1.82) is 0 Å². The van der Waals surface area contributed by atoms with Crippen molar-refractivity contribution in [2.24, 2.45) is 0 Å². The Kier molecular flexibility index (Phi) is 4.54. The number of rotatable bonds is 3. The number of aliphatic hydroxyl groups excluding tert-OH is 4. The van der Waals surface area contributed by atoms with Crippen molar-refractivity contribution in [2.45, 2.75) is 30.7 Å². The Morgan fingerprint density at radius 2 is 1.80 bits per heavy atom. The third-order valence-electron chi connectivity index (χ3n) is 3.91. The summed E-state index contributed by atoms with van der Waals surface area (Å²) in [5.74, 6) is -1.50. The quantitative estimate of drug-likeness (QED) is 0.351. The average Bonchev–Trinajstić information content (AvgIpc) is 2.58. The Morgan fingerprint density at radius 3 is 2.48 bits per heavy atom. The van der Waals surface area contributed by atoms with Gasteiger partial charge in [-0.15, -0.1) is 0 Å². The van der Waals surface area contributed by atoms with Gasteiger partial charge in [-0.1, -0.05) is 0 Å². The van der Waals surface area contributed by atoms with Crippen molar-refractivity contribution in [3.05, 3.63) is 28.6 Å². The van der Waals surface area contributed by atoms with E-state index in [0.717, 1.165) is 6.07 Å². The summed E-state index contributed by atoms with van der Waals surface area (Å²) in [4.78, 5) is 12.0. The van der Waals surface area contributed by atoms with Gasteiger partial charge in [0.15, 0.2) is 5.75 Å². The first kappa shape index (κ1) is 17.5. The number of phenolic OH excluding ortho intramolecular Hbond substituents is 1. The number of aliphatic hydroxyl groups is 4. The van der Waals surface area contributed by atoms with E-state index in [9.17, 15) is 30.3 Å². The highest BCUT2D eigenvalue weighted by atomic mass is 16.7. The lowest BCUT2D eigenvalue weighted by Gasteiger charge is -2.39. The Labute approximate surface area is 139 Å². The molecule has 2 heterocycles. The van der Waals surface area contributed by atoms with Crippen molar-refractivity contribution in [1.82, 2.24) is 0 Å². The van der Waals surface area contributed by atoms with Gasteiger partial charge in [0.25, 0.3) is 5.75 Å². The molecule has 136 valence electrons. The van der Waals surface area contributed by atoms with Crippen LogP contribution >= 0.6 is 0 Å². The fourth-order valence-electron chi connectivity index (χ4n) is 2.54. The molecule has 1 saturated heterocycles. The van der Waals surface area contributed by atoms with E-state index >= 15 is 0 Å². The maximum Gasteiger partial charge on any atom is 0.383 e. The molecule has 0 saturated carbocycles. The number of fused-ring (bicyclic) bond motifs is 1. The zero-order valence-corrected chi connectivity index (χ0v) is 12.6. The van der Waals surface area contributed by atoms with Crippen LogP contribution in [0.4, 0.5) is 0 Å². The second kappa shape index (κ2) is 6.50. The van der Waals surface area contributed by atoms with E-state index in [2.05, 4.69) is 0 Å². The van der Waals surface area contributed by atoms with Gasteiger partial charge in [-0.25, -0.2) is 4.79 Å². The highest BCUT2D eigenvalue weighted by Gasteiger charge is 2.45. The van der Waals surface area contributed by atoms with E-state index in [-0.39, 0.29) is 16.7 Å². The van der Waals surface area contributed by atoms with E-state index in [1.807, 2.05) is 0 Å². The zero-order chi connectivity index (χ0) is 18.3. The molecule has 0 spiro atoms. The minimum Gasteiger partial charge on any atom is -0.508 e. The van der Waals surface area contributed by atoms with E-state index in [4.69, 9.17) is 19.0 Å². The molecule has 1 fully saturated rings. The third-order valence-corrected chi connectivity index (χ3v) is 3.91. The molecule has 1 aromatic heterocycles. The summed E-state index contributed by atoms with van der Waals surface area (Å²) in [6.07, 6.45) is -7.95. The molecule has 10 heteroatoms. The van der Waals surface area contributed by atoms with Crippen molar-refractivity contribution < 1.29 is 44.5 Å². The van der Waals surface area contributed by atoms with Crippen LogP contribution in [0.15, 0.2) is 27.4 Å². The van der Waals surface area contributed by atoms with Gasteiger partial charge in [0.05, 0.1) is 12.0 Å². The second-order valence-corrected chi connectivity index (χ2v) is 5.56. The molecule has 5 atom stereocenters. The molecule has 0 unspecified atom stereocenters. The van der Waals surface area contributed by atoms with Crippen LogP contribution in [0, 0.1) is 0 Å². The molecule has 3 rings (SSSR count). The Bertz CT molecular complexity index is 829. The number of hydrogen-bond acceptors (Lipinski definition) is 10. The van der Waals surface area contributed by atoms with Gasteiger partial charge in [0.1, 0.15) is 35.7 Å². The van der Waals surface area contributed by atoms with Gasteiger partial charge in [-0.05, 0) is 12.1 Å². The topological polar surface area (TPSA) is 170 Å². The van der Waals surface area contributed by atoms with Crippen LogP contribution in [0.25, 0.3) is 11.0 Å². The largest absolute Gasteiger partial charge is 0.508 e. The van der Waals surface area contributed by atoms with Crippen molar-refractivity contribution in [2.75, 3.05) is 6.61 Å². The van der Waals surface area contributed by atoms with E-state index in [1.165, 1.54) is 12.1 Å². The molecule has 25 heavy (non-hydrogen) atoms. The zero-order valence-electron chi connectivity index (χ0n) is 12.6. The first-order valence-corrected chi connectivity index (χ1v) is 7.29. The summed E-state index contributed by atoms with van der Waals surface area (Å²) >= 11 is 0. The maximum absolute atomic E-state index is 12.0. The molecule has 1 aromatic carbocycles. The van der Waals surface area contributed by atoms with Gasteiger partial charge in [0, 0.05) is 6.07 Å². The summed E-state index contributed by atoms with van der Waals surface area (Å²) in [6.45, 7) is -0.678. The molecule has 0 bridgehead atoms. The minimum absolute atomic E-state index is 0.0528. The first-order chi connectivity index (χ1) is 11.8. The third kappa shape index (κ3) is 3.01. The van der Waals surface area contributed by atoms with Gasteiger partial charge < -0.3 is 44.5 Å². The molecule has 0 radical (unpaired) electrons. The van der Waals surface area contributed by atoms with Crippen molar-refractivity contribution in [3.63, 3.8) is 0 Å². The number of benzene rings is 1. The monoisotopic (exact) mass is 356 g/mol. The molecule has 2 aromatic rings. The molecular formula is C15H16O10. The van der Waals surface area contributed by atoms with Gasteiger partial charge in [-0.3, -0.25) is 0 Å². The summed E-state index contributed by atoms with van der Waals surface area (Å²) in [5.41, 5.74) is -1.21. The Balaban J connectivity index is 1.97. The van der Waals surface area contributed by atoms with Crippen LogP contribution in [0.3, 0.4) is 0 Å². The molecule has 1 aliphatic heterocycles. The summed E-state index contributed by atoms with van der Waals surface area (Å²) in [5, 5.41) is 58.2. The predicted molar refractivity (Wildman–Crippen MR) is 80.2 cm³/mol. The van der Waals surface area contributed by atoms with Crippen LogP contribution in [0.2, 0.25) is 0 Å². The number of aromatic hydroxyl groups is 2. The van der Waals surface area contributed by atoms with E-state index < -0.39 is 54.4 Å². The fraction of sp³-hybridized carbons (Fsp3) is 0.400. The average molecular weight is 356 g/mol. The Hall–Kier alpha value is -2.37. The normalized spacial score (nSPS) is 29.7.